The number of anilines is 1. The molecular formula is C48H37N. The molecule has 1 heteroatoms. The van der Waals surface area contributed by atoms with Gasteiger partial charge in [-0.1, -0.05) is 158 Å². The molecule has 0 fully saturated rings. The van der Waals surface area contributed by atoms with Crippen molar-refractivity contribution in [3.8, 4) is 22.3 Å². The summed E-state index contributed by atoms with van der Waals surface area (Å²) in [5, 5.41) is 7.63. The normalized spacial score (nSPS) is 14.5. The van der Waals surface area contributed by atoms with Gasteiger partial charge < -0.3 is 4.90 Å². The van der Waals surface area contributed by atoms with Crippen LogP contribution in [0.1, 0.15) is 34.7 Å². The van der Waals surface area contributed by atoms with Gasteiger partial charge in [0.2, 0.25) is 0 Å². The van der Waals surface area contributed by atoms with Gasteiger partial charge in [-0.05, 0) is 109 Å². The van der Waals surface area contributed by atoms with Gasteiger partial charge in [0.15, 0.2) is 0 Å². The second-order valence-electron chi connectivity index (χ2n) is 13.3. The van der Waals surface area contributed by atoms with Gasteiger partial charge in [-0.3, -0.25) is 0 Å². The Bertz CT molecular complexity index is 2540. The summed E-state index contributed by atoms with van der Waals surface area (Å²) in [5.74, 6) is 0. The van der Waals surface area contributed by atoms with Gasteiger partial charge in [0.05, 0.1) is 6.04 Å². The van der Waals surface area contributed by atoms with Crippen LogP contribution in [-0.4, -0.2) is 0 Å². The standard InChI is InChI=1S/C48H37N/c1-32-24-25-37(30-33(32)2)47-41-21-11-12-22-42(41)48(40-23-13-19-34-14-9-10-20-39(34)40)43-27-26-38(31-44(43)47)49-45(35-15-5-3-6-16-35)28-29-46(49)36-17-7-4-8-18-36/h3-28,30-31,46H,29H2,1-2H3. The first-order chi connectivity index (χ1) is 24.2. The second-order valence-corrected chi connectivity index (χ2v) is 13.3. The Morgan fingerprint density at radius 1 is 0.469 bits per heavy atom. The molecule has 1 nitrogen and oxygen atoms in total. The quantitative estimate of drug-likeness (QED) is 0.172. The van der Waals surface area contributed by atoms with Crippen LogP contribution in [0.4, 0.5) is 5.69 Å². The number of fused-ring (bicyclic) bond motifs is 3. The van der Waals surface area contributed by atoms with Crippen LogP contribution in [0.2, 0.25) is 0 Å². The van der Waals surface area contributed by atoms with Crippen molar-refractivity contribution in [3.05, 3.63) is 192 Å². The lowest BCUT2D eigenvalue weighted by atomic mass is 9.84. The van der Waals surface area contributed by atoms with Crippen molar-refractivity contribution in [2.45, 2.75) is 26.3 Å². The molecule has 49 heavy (non-hydrogen) atoms. The molecule has 0 spiro atoms. The van der Waals surface area contributed by atoms with Gasteiger partial charge in [0, 0.05) is 11.4 Å². The number of hydrogen-bond donors (Lipinski definition) is 0. The molecule has 1 aliphatic rings. The Labute approximate surface area is 288 Å². The highest BCUT2D eigenvalue weighted by Gasteiger charge is 2.30. The Balaban J connectivity index is 1.38. The van der Waals surface area contributed by atoms with Crippen molar-refractivity contribution in [1.29, 1.82) is 0 Å². The van der Waals surface area contributed by atoms with Crippen LogP contribution in [-0.2, 0) is 0 Å². The van der Waals surface area contributed by atoms with E-state index in [-0.39, 0.29) is 6.04 Å². The van der Waals surface area contributed by atoms with E-state index < -0.39 is 0 Å². The summed E-state index contributed by atoms with van der Waals surface area (Å²) >= 11 is 0. The summed E-state index contributed by atoms with van der Waals surface area (Å²) in [6.45, 7) is 4.43. The Kier molecular flexibility index (Phi) is 7.13. The number of rotatable bonds is 5. The lowest BCUT2D eigenvalue weighted by Crippen LogP contribution is -2.22. The maximum atomic E-state index is 2.57. The maximum absolute atomic E-state index is 2.57. The Morgan fingerprint density at radius 2 is 1.12 bits per heavy atom. The summed E-state index contributed by atoms with van der Waals surface area (Å²) < 4.78 is 0. The van der Waals surface area contributed by atoms with Crippen molar-refractivity contribution in [2.75, 3.05) is 4.90 Å². The van der Waals surface area contributed by atoms with E-state index in [0.717, 1.165) is 6.42 Å². The van der Waals surface area contributed by atoms with Crippen molar-refractivity contribution < 1.29 is 0 Å². The Morgan fingerprint density at radius 3 is 1.90 bits per heavy atom. The molecule has 0 saturated carbocycles. The lowest BCUT2D eigenvalue weighted by Gasteiger charge is -2.31. The van der Waals surface area contributed by atoms with E-state index in [0.29, 0.717) is 0 Å². The summed E-state index contributed by atoms with van der Waals surface area (Å²) in [4.78, 5) is 2.57. The number of hydrogen-bond acceptors (Lipinski definition) is 1. The van der Waals surface area contributed by atoms with E-state index in [1.807, 2.05) is 0 Å². The minimum absolute atomic E-state index is 0.205. The van der Waals surface area contributed by atoms with E-state index in [4.69, 9.17) is 0 Å². The third kappa shape index (κ3) is 4.93. The third-order valence-electron chi connectivity index (χ3n) is 10.5. The highest BCUT2D eigenvalue weighted by atomic mass is 15.2. The van der Waals surface area contributed by atoms with Crippen LogP contribution < -0.4 is 4.90 Å². The zero-order valence-electron chi connectivity index (χ0n) is 27.9. The molecule has 0 aromatic heterocycles. The summed E-state index contributed by atoms with van der Waals surface area (Å²) in [6.07, 6.45) is 3.37. The molecule has 1 aliphatic heterocycles. The number of benzene rings is 8. The monoisotopic (exact) mass is 627 g/mol. The predicted molar refractivity (Wildman–Crippen MR) is 210 cm³/mol. The van der Waals surface area contributed by atoms with Gasteiger partial charge >= 0.3 is 0 Å². The van der Waals surface area contributed by atoms with E-state index in [1.165, 1.54) is 88.2 Å². The minimum atomic E-state index is 0.205. The lowest BCUT2D eigenvalue weighted by molar-refractivity contribution is 0.749. The van der Waals surface area contributed by atoms with Crippen LogP contribution in [0.3, 0.4) is 0 Å². The highest BCUT2D eigenvalue weighted by Crippen LogP contribution is 2.49. The predicted octanol–water partition coefficient (Wildman–Crippen LogP) is 13.1. The molecule has 8 aromatic carbocycles. The number of nitrogens with zero attached hydrogens (tertiary/aromatic N) is 1. The van der Waals surface area contributed by atoms with Crippen molar-refractivity contribution in [3.63, 3.8) is 0 Å². The fraction of sp³-hybridized carbons (Fsp3) is 0.0833. The molecule has 0 bridgehead atoms. The van der Waals surface area contributed by atoms with Crippen molar-refractivity contribution in [2.24, 2.45) is 0 Å². The second kappa shape index (κ2) is 12.0. The molecule has 9 rings (SSSR count). The van der Waals surface area contributed by atoms with Crippen molar-refractivity contribution in [1.82, 2.24) is 0 Å². The fourth-order valence-electron chi connectivity index (χ4n) is 8.00. The topological polar surface area (TPSA) is 3.24 Å². The first-order valence-electron chi connectivity index (χ1n) is 17.3. The van der Waals surface area contributed by atoms with E-state index in [1.54, 1.807) is 0 Å². The molecular weight excluding hydrogens is 591 g/mol. The SMILES string of the molecule is Cc1ccc(-c2c3ccccc3c(-c3cccc4ccccc34)c3ccc(N4C(c5ccccc5)=CCC4c4ccccc4)cc23)cc1C. The first kappa shape index (κ1) is 29.2. The minimum Gasteiger partial charge on any atom is -0.333 e. The molecule has 1 atom stereocenters. The zero-order valence-corrected chi connectivity index (χ0v) is 27.9. The van der Waals surface area contributed by atoms with Crippen LogP contribution in [0.5, 0.6) is 0 Å². The molecule has 0 amide bonds. The van der Waals surface area contributed by atoms with Crippen LogP contribution >= 0.6 is 0 Å². The smallest absolute Gasteiger partial charge is 0.0626 e. The summed E-state index contributed by atoms with van der Waals surface area (Å²) in [7, 11) is 0. The van der Waals surface area contributed by atoms with Gasteiger partial charge in [0.1, 0.15) is 0 Å². The molecule has 234 valence electrons. The average Bonchev–Trinajstić information content (AvgIpc) is 3.61. The van der Waals surface area contributed by atoms with Gasteiger partial charge in [-0.15, -0.1) is 0 Å². The number of aryl methyl sites for hydroxylation is 2. The largest absolute Gasteiger partial charge is 0.333 e. The first-order valence-corrected chi connectivity index (χ1v) is 17.3. The van der Waals surface area contributed by atoms with Crippen LogP contribution in [0.15, 0.2) is 170 Å². The van der Waals surface area contributed by atoms with E-state index >= 15 is 0 Å². The molecule has 8 aromatic rings. The zero-order chi connectivity index (χ0) is 32.9. The third-order valence-corrected chi connectivity index (χ3v) is 10.5. The summed E-state index contributed by atoms with van der Waals surface area (Å²) in [6, 6.07) is 60.7. The summed E-state index contributed by atoms with van der Waals surface area (Å²) in [5.41, 5.74) is 12.8. The van der Waals surface area contributed by atoms with Crippen LogP contribution in [0, 0.1) is 13.8 Å². The van der Waals surface area contributed by atoms with Crippen molar-refractivity contribution >= 4 is 43.7 Å². The van der Waals surface area contributed by atoms with Crippen LogP contribution in [0.25, 0.3) is 60.3 Å². The molecule has 0 aliphatic carbocycles. The average molecular weight is 628 g/mol. The fourth-order valence-corrected chi connectivity index (χ4v) is 8.00. The van der Waals surface area contributed by atoms with Gasteiger partial charge in [-0.25, -0.2) is 0 Å². The maximum Gasteiger partial charge on any atom is 0.0626 e. The highest BCUT2D eigenvalue weighted by molar-refractivity contribution is 6.24. The molecule has 0 radical (unpaired) electrons. The van der Waals surface area contributed by atoms with Gasteiger partial charge in [0.25, 0.3) is 0 Å². The van der Waals surface area contributed by atoms with E-state index in [9.17, 15) is 0 Å². The molecule has 0 N–H and O–H groups in total. The Hall–Kier alpha value is -5.92. The molecule has 1 unspecified atom stereocenters. The molecule has 0 saturated heterocycles. The molecule has 1 heterocycles. The van der Waals surface area contributed by atoms with E-state index in [2.05, 4.69) is 189 Å². The van der Waals surface area contributed by atoms with Gasteiger partial charge in [-0.2, -0.15) is 0 Å².